The highest BCUT2D eigenvalue weighted by molar-refractivity contribution is 6.44. The van der Waals surface area contributed by atoms with Gasteiger partial charge in [0.15, 0.2) is 0 Å². The van der Waals surface area contributed by atoms with Gasteiger partial charge in [0.25, 0.3) is 5.91 Å². The minimum atomic E-state index is -0.0781. The van der Waals surface area contributed by atoms with E-state index in [-0.39, 0.29) is 5.91 Å². The van der Waals surface area contributed by atoms with Crippen LogP contribution in [0.25, 0.3) is 0 Å². The molecule has 1 amide bonds. The quantitative estimate of drug-likeness (QED) is 0.860. The predicted molar refractivity (Wildman–Crippen MR) is 81.6 cm³/mol. The molecule has 4 nitrogen and oxygen atoms in total. The number of amides is 1. The number of pyridine rings is 1. The molecule has 0 radical (unpaired) electrons. The lowest BCUT2D eigenvalue weighted by Gasteiger charge is -2.19. The van der Waals surface area contributed by atoms with Gasteiger partial charge in [0.2, 0.25) is 0 Å². The Hall–Kier alpha value is -0.840. The zero-order valence-corrected chi connectivity index (χ0v) is 13.5. The van der Waals surface area contributed by atoms with Gasteiger partial charge in [-0.1, -0.05) is 23.2 Å². The number of aromatic nitrogens is 1. The van der Waals surface area contributed by atoms with Crippen molar-refractivity contribution in [2.24, 2.45) is 5.92 Å². The van der Waals surface area contributed by atoms with Gasteiger partial charge >= 0.3 is 0 Å². The molecule has 0 spiro atoms. The second-order valence-corrected chi connectivity index (χ2v) is 6.31. The molecular weight excluding hydrogens is 297 g/mol. The second-order valence-electron chi connectivity index (χ2n) is 5.55. The smallest absolute Gasteiger partial charge is 0.257 e. The van der Waals surface area contributed by atoms with Crippen LogP contribution in [0.4, 0.5) is 0 Å². The molecule has 1 aliphatic heterocycles. The largest absolute Gasteiger partial charge is 0.338 e. The SMILES string of the molecule is Cc1ncc(C(=O)N2CC[C@@H](CN(C)C)C2)c(Cl)c1Cl. The van der Waals surface area contributed by atoms with Crippen LogP contribution in [0.1, 0.15) is 22.5 Å². The van der Waals surface area contributed by atoms with Gasteiger partial charge in [0.05, 0.1) is 21.3 Å². The average molecular weight is 316 g/mol. The van der Waals surface area contributed by atoms with Crippen LogP contribution in [0.15, 0.2) is 6.20 Å². The summed E-state index contributed by atoms with van der Waals surface area (Å²) in [5, 5.41) is 0.668. The Bertz CT molecular complexity index is 519. The molecule has 1 fully saturated rings. The van der Waals surface area contributed by atoms with Crippen molar-refractivity contribution in [1.29, 1.82) is 0 Å². The van der Waals surface area contributed by atoms with Crippen molar-refractivity contribution in [3.05, 3.63) is 27.5 Å². The van der Waals surface area contributed by atoms with Gasteiger partial charge in [-0.25, -0.2) is 0 Å². The van der Waals surface area contributed by atoms with E-state index in [0.29, 0.717) is 27.2 Å². The molecule has 1 aromatic heterocycles. The number of hydrogen-bond acceptors (Lipinski definition) is 3. The van der Waals surface area contributed by atoms with Crippen LogP contribution in [0.3, 0.4) is 0 Å². The van der Waals surface area contributed by atoms with E-state index in [1.54, 1.807) is 6.92 Å². The molecule has 0 aliphatic carbocycles. The Kier molecular flexibility index (Phi) is 4.89. The van der Waals surface area contributed by atoms with Crippen molar-refractivity contribution in [1.82, 2.24) is 14.8 Å². The molecule has 0 saturated carbocycles. The van der Waals surface area contributed by atoms with Crippen LogP contribution in [0, 0.1) is 12.8 Å². The number of rotatable bonds is 3. The summed E-state index contributed by atoms with van der Waals surface area (Å²) in [6.07, 6.45) is 2.54. The van der Waals surface area contributed by atoms with E-state index in [9.17, 15) is 4.79 Å². The maximum absolute atomic E-state index is 12.5. The average Bonchev–Trinajstić information content (AvgIpc) is 2.83. The third kappa shape index (κ3) is 3.25. The zero-order valence-electron chi connectivity index (χ0n) is 12.0. The van der Waals surface area contributed by atoms with Gasteiger partial charge < -0.3 is 9.80 Å². The van der Waals surface area contributed by atoms with E-state index in [1.807, 2.05) is 19.0 Å². The Balaban J connectivity index is 2.11. The maximum atomic E-state index is 12.5. The standard InChI is InChI=1S/C14H19Cl2N3O/c1-9-12(15)13(16)11(6-17-9)14(20)19-5-4-10(8-19)7-18(2)3/h6,10H,4-5,7-8H2,1-3H3/t10-/m0/s1. The zero-order chi connectivity index (χ0) is 14.9. The molecule has 0 aromatic carbocycles. The van der Waals surface area contributed by atoms with Crippen LogP contribution in [0.2, 0.25) is 10.0 Å². The van der Waals surface area contributed by atoms with E-state index in [1.165, 1.54) is 6.20 Å². The van der Waals surface area contributed by atoms with E-state index < -0.39 is 0 Å². The topological polar surface area (TPSA) is 36.4 Å². The fraction of sp³-hybridized carbons (Fsp3) is 0.571. The summed E-state index contributed by atoms with van der Waals surface area (Å²) in [6, 6.07) is 0. The first-order chi connectivity index (χ1) is 9.40. The Labute approximate surface area is 129 Å². The second kappa shape index (κ2) is 6.29. The summed E-state index contributed by atoms with van der Waals surface area (Å²) < 4.78 is 0. The molecule has 20 heavy (non-hydrogen) atoms. The minimum absolute atomic E-state index is 0.0781. The first-order valence-corrected chi connectivity index (χ1v) is 7.40. The first-order valence-electron chi connectivity index (χ1n) is 6.64. The first kappa shape index (κ1) is 15.5. The highest BCUT2D eigenvalue weighted by Crippen LogP contribution is 2.29. The number of carbonyl (C=O) groups excluding carboxylic acids is 1. The summed E-state index contributed by atoms with van der Waals surface area (Å²) in [5.41, 5.74) is 1.04. The van der Waals surface area contributed by atoms with Gasteiger partial charge in [-0.05, 0) is 33.4 Å². The highest BCUT2D eigenvalue weighted by Gasteiger charge is 2.29. The summed E-state index contributed by atoms with van der Waals surface area (Å²) in [5.74, 6) is 0.437. The van der Waals surface area contributed by atoms with Crippen molar-refractivity contribution in [3.63, 3.8) is 0 Å². The van der Waals surface area contributed by atoms with E-state index >= 15 is 0 Å². The van der Waals surface area contributed by atoms with E-state index in [4.69, 9.17) is 23.2 Å². The van der Waals surface area contributed by atoms with Gasteiger partial charge in [-0.2, -0.15) is 0 Å². The monoisotopic (exact) mass is 315 g/mol. The van der Waals surface area contributed by atoms with Crippen LogP contribution in [-0.2, 0) is 0 Å². The molecule has 110 valence electrons. The van der Waals surface area contributed by atoms with Crippen molar-refractivity contribution in [2.75, 3.05) is 33.7 Å². The molecular formula is C14H19Cl2N3O. The number of aryl methyl sites for hydroxylation is 1. The molecule has 2 heterocycles. The minimum Gasteiger partial charge on any atom is -0.338 e. The summed E-state index contributed by atoms with van der Waals surface area (Å²) >= 11 is 12.2. The Morgan fingerprint density at radius 2 is 2.15 bits per heavy atom. The molecule has 1 aromatic rings. The Morgan fingerprint density at radius 1 is 1.45 bits per heavy atom. The van der Waals surface area contributed by atoms with Crippen molar-refractivity contribution in [3.8, 4) is 0 Å². The van der Waals surface area contributed by atoms with Gasteiger partial charge in [0, 0.05) is 25.8 Å². The predicted octanol–water partition coefficient (Wildman–Crippen LogP) is 2.72. The molecule has 2 rings (SSSR count). The van der Waals surface area contributed by atoms with E-state index in [2.05, 4.69) is 9.88 Å². The molecule has 0 unspecified atom stereocenters. The lowest BCUT2D eigenvalue weighted by Crippen LogP contribution is -2.31. The molecule has 1 atom stereocenters. The van der Waals surface area contributed by atoms with Crippen molar-refractivity contribution in [2.45, 2.75) is 13.3 Å². The van der Waals surface area contributed by atoms with Gasteiger partial charge in [-0.15, -0.1) is 0 Å². The summed E-state index contributed by atoms with van der Waals surface area (Å²) in [7, 11) is 4.09. The molecule has 1 saturated heterocycles. The number of halogens is 2. The third-order valence-electron chi connectivity index (χ3n) is 3.56. The van der Waals surface area contributed by atoms with Crippen LogP contribution < -0.4 is 0 Å². The van der Waals surface area contributed by atoms with Crippen LogP contribution >= 0.6 is 23.2 Å². The van der Waals surface area contributed by atoms with Gasteiger partial charge in [0.1, 0.15) is 0 Å². The fourth-order valence-corrected chi connectivity index (χ4v) is 2.97. The summed E-state index contributed by atoms with van der Waals surface area (Å²) in [6.45, 7) is 4.29. The van der Waals surface area contributed by atoms with Crippen molar-refractivity contribution >= 4 is 29.1 Å². The molecule has 0 bridgehead atoms. The number of likely N-dealkylation sites (tertiary alicyclic amines) is 1. The maximum Gasteiger partial charge on any atom is 0.257 e. The van der Waals surface area contributed by atoms with E-state index in [0.717, 1.165) is 26.1 Å². The number of hydrogen-bond donors (Lipinski definition) is 0. The van der Waals surface area contributed by atoms with Crippen LogP contribution in [0.5, 0.6) is 0 Å². The highest BCUT2D eigenvalue weighted by atomic mass is 35.5. The number of carbonyl (C=O) groups is 1. The lowest BCUT2D eigenvalue weighted by atomic mass is 10.1. The van der Waals surface area contributed by atoms with Gasteiger partial charge in [-0.3, -0.25) is 9.78 Å². The molecule has 1 aliphatic rings. The van der Waals surface area contributed by atoms with Crippen molar-refractivity contribution < 1.29 is 4.79 Å². The normalized spacial score (nSPS) is 18.9. The molecule has 6 heteroatoms. The lowest BCUT2D eigenvalue weighted by molar-refractivity contribution is 0.0785. The number of nitrogens with zero attached hydrogens (tertiary/aromatic N) is 3. The Morgan fingerprint density at radius 3 is 2.80 bits per heavy atom. The third-order valence-corrected chi connectivity index (χ3v) is 4.51. The molecule has 0 N–H and O–H groups in total. The fourth-order valence-electron chi connectivity index (χ4n) is 2.55. The summed E-state index contributed by atoms with van der Waals surface area (Å²) in [4.78, 5) is 20.6. The van der Waals surface area contributed by atoms with Crippen LogP contribution in [-0.4, -0.2) is 54.4 Å².